The highest BCUT2D eigenvalue weighted by molar-refractivity contribution is 6.06. The summed E-state index contributed by atoms with van der Waals surface area (Å²) >= 11 is 0. The summed E-state index contributed by atoms with van der Waals surface area (Å²) < 4.78 is 0. The summed E-state index contributed by atoms with van der Waals surface area (Å²) in [5, 5.41) is 17.8. The largest absolute Gasteiger partial charge is 0.385 e. The highest BCUT2D eigenvalue weighted by Crippen LogP contribution is 2.63. The molecule has 0 radical (unpaired) electrons. The molecule has 3 aromatic carbocycles. The van der Waals surface area contributed by atoms with Crippen LogP contribution in [0.2, 0.25) is 0 Å². The molecule has 4 bridgehead atoms. The van der Waals surface area contributed by atoms with E-state index in [2.05, 4.69) is 55.5 Å². The first-order valence-electron chi connectivity index (χ1n) is 11.3. The molecule has 0 heterocycles. The Hall–Kier alpha value is -1.86. The number of rotatable bonds is 3. The van der Waals surface area contributed by atoms with Crippen molar-refractivity contribution >= 4 is 21.5 Å². The van der Waals surface area contributed by atoms with Crippen molar-refractivity contribution in [3.05, 3.63) is 59.7 Å². The van der Waals surface area contributed by atoms with Crippen molar-refractivity contribution in [3.63, 3.8) is 0 Å². The number of fused-ring (bicyclic) bond motifs is 2. The number of aliphatic hydroxyl groups is 1. The second-order valence-corrected chi connectivity index (χ2v) is 9.82. The van der Waals surface area contributed by atoms with Crippen molar-refractivity contribution < 1.29 is 5.11 Å². The van der Waals surface area contributed by atoms with Crippen LogP contribution in [0.4, 0.5) is 0 Å². The smallest absolute Gasteiger partial charge is 0.0964 e. The van der Waals surface area contributed by atoms with Gasteiger partial charge in [-0.3, -0.25) is 0 Å². The van der Waals surface area contributed by atoms with Gasteiger partial charge in [-0.2, -0.15) is 0 Å². The highest BCUT2D eigenvalue weighted by Gasteiger charge is 2.58. The molecule has 144 valence electrons. The predicted octanol–water partition coefficient (Wildman–Crippen LogP) is 6.59. The first-order chi connectivity index (χ1) is 13.7. The maximum Gasteiger partial charge on any atom is 0.0964 e. The van der Waals surface area contributed by atoms with Gasteiger partial charge in [-0.25, -0.2) is 0 Å². The van der Waals surface area contributed by atoms with Gasteiger partial charge in [0.2, 0.25) is 0 Å². The molecule has 0 spiro atoms. The van der Waals surface area contributed by atoms with Gasteiger partial charge in [-0.1, -0.05) is 61.9 Å². The van der Waals surface area contributed by atoms with Crippen molar-refractivity contribution in [2.75, 3.05) is 0 Å². The summed E-state index contributed by atoms with van der Waals surface area (Å²) in [7, 11) is 0. The van der Waals surface area contributed by atoms with Crippen LogP contribution in [-0.2, 0) is 12.0 Å². The summed E-state index contributed by atoms with van der Waals surface area (Å²) in [5.74, 6) is 2.60. The Morgan fingerprint density at radius 3 is 1.68 bits per heavy atom. The van der Waals surface area contributed by atoms with E-state index in [0.29, 0.717) is 11.8 Å². The summed E-state index contributed by atoms with van der Waals surface area (Å²) in [6.07, 6.45) is 8.56. The molecule has 0 aromatic heterocycles. The molecule has 1 N–H and O–H groups in total. The minimum atomic E-state index is -0.655. The van der Waals surface area contributed by atoms with Crippen molar-refractivity contribution in [1.82, 2.24) is 0 Å². The monoisotopic (exact) mass is 370 g/mol. The van der Waals surface area contributed by atoms with E-state index >= 15 is 0 Å². The van der Waals surface area contributed by atoms with E-state index in [4.69, 9.17) is 0 Å². The van der Waals surface area contributed by atoms with Crippen LogP contribution < -0.4 is 0 Å². The Morgan fingerprint density at radius 2 is 1.21 bits per heavy atom. The minimum absolute atomic E-state index is 0.438. The van der Waals surface area contributed by atoms with E-state index in [1.165, 1.54) is 64.8 Å². The summed E-state index contributed by atoms with van der Waals surface area (Å²) in [4.78, 5) is 0. The molecular weight excluding hydrogens is 340 g/mol. The van der Waals surface area contributed by atoms with Gasteiger partial charge < -0.3 is 5.11 Å². The van der Waals surface area contributed by atoms with Crippen LogP contribution in [0.1, 0.15) is 56.6 Å². The zero-order chi connectivity index (χ0) is 18.9. The molecule has 4 saturated carbocycles. The van der Waals surface area contributed by atoms with Crippen LogP contribution in [0.3, 0.4) is 0 Å². The van der Waals surface area contributed by atoms with Crippen molar-refractivity contribution in [2.45, 2.75) is 57.5 Å². The van der Waals surface area contributed by atoms with E-state index < -0.39 is 5.60 Å². The average molecular weight is 371 g/mol. The molecule has 4 fully saturated rings. The Morgan fingerprint density at radius 1 is 0.750 bits per heavy atom. The van der Waals surface area contributed by atoms with E-state index in [-0.39, 0.29) is 0 Å². The van der Waals surface area contributed by atoms with E-state index in [0.717, 1.165) is 24.7 Å². The fraction of sp³-hybridized carbons (Fsp3) is 0.481. The molecular formula is C27H30O. The third kappa shape index (κ3) is 2.17. The fourth-order valence-corrected chi connectivity index (χ4v) is 7.48. The minimum Gasteiger partial charge on any atom is -0.385 e. The quantitative estimate of drug-likeness (QED) is 0.516. The predicted molar refractivity (Wildman–Crippen MR) is 116 cm³/mol. The van der Waals surface area contributed by atoms with Crippen molar-refractivity contribution in [3.8, 4) is 0 Å². The molecule has 0 unspecified atom stereocenters. The number of hydrogen-bond acceptors (Lipinski definition) is 1. The zero-order valence-electron chi connectivity index (χ0n) is 16.8. The lowest BCUT2D eigenvalue weighted by atomic mass is 9.48. The lowest BCUT2D eigenvalue weighted by Gasteiger charge is -2.59. The average Bonchev–Trinajstić information content (AvgIpc) is 2.71. The Kier molecular flexibility index (Phi) is 3.69. The second-order valence-electron chi connectivity index (χ2n) is 9.82. The van der Waals surface area contributed by atoms with E-state index in [1.54, 1.807) is 0 Å². The Labute approximate surface area is 167 Å². The molecule has 4 aliphatic carbocycles. The van der Waals surface area contributed by atoms with Gasteiger partial charge in [0.25, 0.3) is 0 Å². The van der Waals surface area contributed by atoms with Gasteiger partial charge in [0.15, 0.2) is 0 Å². The highest BCUT2D eigenvalue weighted by atomic mass is 16.3. The zero-order valence-corrected chi connectivity index (χ0v) is 16.8. The SMILES string of the molecule is CCCc1c2ccccc2c(C2(O)C3CC4CC(C3)CC2C4)c2ccccc12. The molecule has 0 atom stereocenters. The summed E-state index contributed by atoms with van der Waals surface area (Å²) in [6, 6.07) is 17.8. The first-order valence-corrected chi connectivity index (χ1v) is 11.3. The third-order valence-corrected chi connectivity index (χ3v) is 8.33. The summed E-state index contributed by atoms with van der Waals surface area (Å²) in [6.45, 7) is 2.27. The fourth-order valence-electron chi connectivity index (χ4n) is 7.48. The molecule has 1 heteroatoms. The van der Waals surface area contributed by atoms with E-state index in [1.807, 2.05) is 0 Å². The van der Waals surface area contributed by atoms with Crippen molar-refractivity contribution in [2.24, 2.45) is 23.7 Å². The van der Waals surface area contributed by atoms with Crippen LogP contribution in [-0.4, -0.2) is 5.11 Å². The first kappa shape index (κ1) is 17.0. The molecule has 0 saturated heterocycles. The molecule has 3 aromatic rings. The standard InChI is InChI=1S/C27H30O/c1-2-7-21-22-8-3-5-10-24(22)26(25-11-6-4-9-23(21)25)27(28)19-13-17-12-18(15-19)16-20(27)14-17/h3-6,8-11,17-20,28H,2,7,12-16H2,1H3. The normalized spacial score (nSPS) is 33.8. The van der Waals surface area contributed by atoms with Gasteiger partial charge in [-0.05, 0) is 94.9 Å². The van der Waals surface area contributed by atoms with Gasteiger partial charge >= 0.3 is 0 Å². The maximum atomic E-state index is 12.5. The molecule has 7 rings (SSSR count). The van der Waals surface area contributed by atoms with Crippen LogP contribution in [0.25, 0.3) is 21.5 Å². The molecule has 4 aliphatic rings. The van der Waals surface area contributed by atoms with Gasteiger partial charge in [-0.15, -0.1) is 0 Å². The van der Waals surface area contributed by atoms with Gasteiger partial charge in [0.05, 0.1) is 5.60 Å². The maximum absolute atomic E-state index is 12.5. The topological polar surface area (TPSA) is 20.2 Å². The molecule has 0 aliphatic heterocycles. The lowest BCUT2D eigenvalue weighted by molar-refractivity contribution is -0.177. The van der Waals surface area contributed by atoms with Gasteiger partial charge in [0, 0.05) is 0 Å². The molecule has 1 nitrogen and oxygen atoms in total. The number of hydrogen-bond donors (Lipinski definition) is 1. The summed E-state index contributed by atoms with van der Waals surface area (Å²) in [5.41, 5.74) is 2.06. The van der Waals surface area contributed by atoms with Crippen LogP contribution in [0.5, 0.6) is 0 Å². The third-order valence-electron chi connectivity index (χ3n) is 8.33. The Bertz CT molecular complexity index is 977. The van der Waals surface area contributed by atoms with Crippen LogP contribution in [0, 0.1) is 23.7 Å². The Balaban J connectivity index is 1.70. The number of benzene rings is 3. The van der Waals surface area contributed by atoms with Gasteiger partial charge in [0.1, 0.15) is 0 Å². The van der Waals surface area contributed by atoms with Crippen molar-refractivity contribution in [1.29, 1.82) is 0 Å². The van der Waals surface area contributed by atoms with E-state index in [9.17, 15) is 5.11 Å². The number of aryl methyl sites for hydroxylation is 1. The van der Waals surface area contributed by atoms with Crippen LogP contribution in [0.15, 0.2) is 48.5 Å². The lowest BCUT2D eigenvalue weighted by Crippen LogP contribution is -2.55. The molecule has 0 amide bonds. The van der Waals surface area contributed by atoms with Crippen LogP contribution >= 0.6 is 0 Å². The molecule has 28 heavy (non-hydrogen) atoms. The second kappa shape index (κ2) is 6.07.